The summed E-state index contributed by atoms with van der Waals surface area (Å²) in [6.07, 6.45) is 2.84. The van der Waals surface area contributed by atoms with Crippen molar-refractivity contribution in [1.29, 1.82) is 0 Å². The number of anilines is 2. The highest BCUT2D eigenvalue weighted by Gasteiger charge is 2.25. The van der Waals surface area contributed by atoms with E-state index in [2.05, 4.69) is 10.6 Å². The van der Waals surface area contributed by atoms with Gasteiger partial charge >= 0.3 is 11.8 Å². The van der Waals surface area contributed by atoms with Crippen LogP contribution in [0.2, 0.25) is 0 Å². The Bertz CT molecular complexity index is 1160. The normalized spacial score (nSPS) is 13.6. The van der Waals surface area contributed by atoms with Crippen LogP contribution in [0.15, 0.2) is 66.0 Å². The van der Waals surface area contributed by atoms with Gasteiger partial charge < -0.3 is 20.6 Å². The Labute approximate surface area is 208 Å². The summed E-state index contributed by atoms with van der Waals surface area (Å²) in [6.45, 7) is 1.04. The topological polar surface area (TPSA) is 98.7 Å². The van der Waals surface area contributed by atoms with Crippen molar-refractivity contribution in [2.24, 2.45) is 0 Å². The fourth-order valence-electron chi connectivity index (χ4n) is 4.41. The molecule has 1 atom stereocenters. The van der Waals surface area contributed by atoms with Crippen molar-refractivity contribution >= 4 is 40.4 Å². The maximum absolute atomic E-state index is 12.9. The Morgan fingerprint density at radius 3 is 2.57 bits per heavy atom. The predicted molar refractivity (Wildman–Crippen MR) is 138 cm³/mol. The molecule has 0 fully saturated rings. The number of fused-ring (bicyclic) bond motifs is 1. The molecule has 1 aliphatic rings. The third-order valence-corrected chi connectivity index (χ3v) is 7.02. The molecule has 2 aromatic carbocycles. The standard InChI is InChI=1S/C27H29N3O4S/c31-16-13-20(19-6-2-1-3-7-19)12-14-28-25(32)26(33)29-22-10-11-23-21(18-22)8-4-15-30(23)27(34)24-9-5-17-35-24/h1-3,5-7,9-11,17-18,20,31H,4,8,12-16H2,(H,28,32)(H,29,33). The van der Waals surface area contributed by atoms with Gasteiger partial charge in [-0.3, -0.25) is 14.4 Å². The van der Waals surface area contributed by atoms with E-state index in [0.717, 1.165) is 29.7 Å². The second-order valence-electron chi connectivity index (χ2n) is 8.50. The number of nitrogens with one attached hydrogen (secondary N) is 2. The lowest BCUT2D eigenvalue weighted by Gasteiger charge is -2.29. The summed E-state index contributed by atoms with van der Waals surface area (Å²) < 4.78 is 0. The lowest BCUT2D eigenvalue weighted by atomic mass is 9.93. The minimum Gasteiger partial charge on any atom is -0.396 e. The quantitative estimate of drug-likeness (QED) is 0.416. The zero-order chi connectivity index (χ0) is 24.6. The average molecular weight is 492 g/mol. The van der Waals surface area contributed by atoms with Gasteiger partial charge in [-0.15, -0.1) is 11.3 Å². The van der Waals surface area contributed by atoms with Gasteiger partial charge in [-0.1, -0.05) is 36.4 Å². The van der Waals surface area contributed by atoms with Gasteiger partial charge in [-0.05, 0) is 72.4 Å². The highest BCUT2D eigenvalue weighted by molar-refractivity contribution is 7.12. The maximum Gasteiger partial charge on any atom is 0.313 e. The summed E-state index contributed by atoms with van der Waals surface area (Å²) in [6, 6.07) is 18.9. The first-order chi connectivity index (χ1) is 17.1. The van der Waals surface area contributed by atoms with E-state index in [0.29, 0.717) is 36.5 Å². The molecule has 0 bridgehead atoms. The molecule has 0 spiro atoms. The molecule has 1 aliphatic heterocycles. The highest BCUT2D eigenvalue weighted by atomic mass is 32.1. The van der Waals surface area contributed by atoms with E-state index in [1.807, 2.05) is 60.0 Å². The number of carbonyl (C=O) groups excluding carboxylic acids is 3. The predicted octanol–water partition coefficient (Wildman–Crippen LogP) is 3.95. The van der Waals surface area contributed by atoms with E-state index >= 15 is 0 Å². The molecule has 0 saturated carbocycles. The average Bonchev–Trinajstić information content (AvgIpc) is 3.43. The fourth-order valence-corrected chi connectivity index (χ4v) is 5.08. The van der Waals surface area contributed by atoms with Gasteiger partial charge in [0.2, 0.25) is 0 Å². The largest absolute Gasteiger partial charge is 0.396 e. The SMILES string of the molecule is O=C(NCCC(CCO)c1ccccc1)C(=O)Nc1ccc2c(c1)CCCN2C(=O)c1cccs1. The van der Waals surface area contributed by atoms with Crippen LogP contribution in [0.4, 0.5) is 11.4 Å². The molecular weight excluding hydrogens is 462 g/mol. The number of aliphatic hydroxyl groups excluding tert-OH is 1. The van der Waals surface area contributed by atoms with Gasteiger partial charge in [0.15, 0.2) is 0 Å². The minimum atomic E-state index is -0.731. The van der Waals surface area contributed by atoms with E-state index in [1.165, 1.54) is 11.3 Å². The maximum atomic E-state index is 12.9. The van der Waals surface area contributed by atoms with Crippen molar-refractivity contribution in [3.63, 3.8) is 0 Å². The van der Waals surface area contributed by atoms with Crippen LogP contribution in [0.3, 0.4) is 0 Å². The third kappa shape index (κ3) is 6.15. The zero-order valence-electron chi connectivity index (χ0n) is 19.4. The molecule has 0 aliphatic carbocycles. The van der Waals surface area contributed by atoms with Crippen molar-refractivity contribution in [1.82, 2.24) is 5.32 Å². The summed E-state index contributed by atoms with van der Waals surface area (Å²) >= 11 is 1.42. The molecular formula is C27H29N3O4S. The first-order valence-corrected chi connectivity index (χ1v) is 12.7. The van der Waals surface area contributed by atoms with E-state index in [1.54, 1.807) is 11.0 Å². The van der Waals surface area contributed by atoms with Crippen LogP contribution in [0.25, 0.3) is 0 Å². The van der Waals surface area contributed by atoms with Crippen molar-refractivity contribution < 1.29 is 19.5 Å². The number of hydrogen-bond donors (Lipinski definition) is 3. The monoisotopic (exact) mass is 491 g/mol. The number of aryl methyl sites for hydroxylation is 1. The summed E-state index contributed by atoms with van der Waals surface area (Å²) in [5.41, 5.74) is 3.43. The number of carbonyl (C=O) groups is 3. The molecule has 2 heterocycles. The van der Waals surface area contributed by atoms with Crippen LogP contribution in [-0.4, -0.2) is 42.5 Å². The third-order valence-electron chi connectivity index (χ3n) is 6.17. The molecule has 1 aromatic heterocycles. The summed E-state index contributed by atoms with van der Waals surface area (Å²) in [7, 11) is 0. The number of thiophene rings is 1. The number of rotatable bonds is 8. The summed E-state index contributed by atoms with van der Waals surface area (Å²) in [4.78, 5) is 40.1. The van der Waals surface area contributed by atoms with E-state index in [4.69, 9.17) is 0 Å². The van der Waals surface area contributed by atoms with Gasteiger partial charge in [0.25, 0.3) is 5.91 Å². The molecule has 4 rings (SSSR count). The number of hydrogen-bond acceptors (Lipinski definition) is 5. The number of benzene rings is 2. The van der Waals surface area contributed by atoms with Gasteiger partial charge in [0.1, 0.15) is 0 Å². The first kappa shape index (κ1) is 24.6. The molecule has 0 radical (unpaired) electrons. The molecule has 7 nitrogen and oxygen atoms in total. The van der Waals surface area contributed by atoms with Gasteiger partial charge in [-0.25, -0.2) is 0 Å². The second kappa shape index (κ2) is 11.8. The first-order valence-electron chi connectivity index (χ1n) is 11.8. The van der Waals surface area contributed by atoms with E-state index < -0.39 is 11.8 Å². The Morgan fingerprint density at radius 2 is 1.83 bits per heavy atom. The summed E-state index contributed by atoms with van der Waals surface area (Å²) in [5.74, 6) is -1.35. The Hall–Kier alpha value is -3.49. The van der Waals surface area contributed by atoms with Crippen LogP contribution in [0.1, 0.15) is 46.0 Å². The van der Waals surface area contributed by atoms with Crippen molar-refractivity contribution in [3.8, 4) is 0 Å². The minimum absolute atomic E-state index is 0.0212. The molecule has 3 amide bonds. The molecule has 182 valence electrons. The number of aliphatic hydroxyl groups is 1. The van der Waals surface area contributed by atoms with E-state index in [-0.39, 0.29) is 18.4 Å². The molecule has 3 N–H and O–H groups in total. The van der Waals surface area contributed by atoms with Crippen molar-refractivity contribution in [2.75, 3.05) is 29.9 Å². The molecule has 35 heavy (non-hydrogen) atoms. The number of amides is 3. The van der Waals surface area contributed by atoms with Crippen molar-refractivity contribution in [2.45, 2.75) is 31.6 Å². The lowest BCUT2D eigenvalue weighted by Crippen LogP contribution is -2.37. The smallest absolute Gasteiger partial charge is 0.313 e. The van der Waals surface area contributed by atoms with Crippen LogP contribution in [0.5, 0.6) is 0 Å². The molecule has 0 saturated heterocycles. The van der Waals surface area contributed by atoms with E-state index in [9.17, 15) is 19.5 Å². The van der Waals surface area contributed by atoms with Crippen LogP contribution < -0.4 is 15.5 Å². The van der Waals surface area contributed by atoms with Gasteiger partial charge in [-0.2, -0.15) is 0 Å². The Balaban J connectivity index is 1.33. The lowest BCUT2D eigenvalue weighted by molar-refractivity contribution is -0.136. The van der Waals surface area contributed by atoms with Crippen LogP contribution in [0, 0.1) is 0 Å². The van der Waals surface area contributed by atoms with Gasteiger partial charge in [0, 0.05) is 31.1 Å². The Kier molecular flexibility index (Phi) is 8.28. The molecule has 1 unspecified atom stereocenters. The Morgan fingerprint density at radius 1 is 1.00 bits per heavy atom. The number of nitrogens with zero attached hydrogens (tertiary/aromatic N) is 1. The van der Waals surface area contributed by atoms with Gasteiger partial charge in [0.05, 0.1) is 4.88 Å². The fraction of sp³-hybridized carbons (Fsp3) is 0.296. The highest BCUT2D eigenvalue weighted by Crippen LogP contribution is 2.31. The summed E-state index contributed by atoms with van der Waals surface area (Å²) in [5, 5.41) is 16.6. The molecule has 3 aromatic rings. The second-order valence-corrected chi connectivity index (χ2v) is 9.45. The van der Waals surface area contributed by atoms with Crippen LogP contribution in [-0.2, 0) is 16.0 Å². The van der Waals surface area contributed by atoms with Crippen molar-refractivity contribution in [3.05, 3.63) is 82.0 Å². The molecule has 8 heteroatoms. The van der Waals surface area contributed by atoms with Crippen LogP contribution >= 0.6 is 11.3 Å². The zero-order valence-corrected chi connectivity index (χ0v) is 20.2.